The van der Waals surface area contributed by atoms with Crippen LogP contribution in [0.3, 0.4) is 0 Å². The standard InChI is InChI=1S/C23H28N2O3/c1-4-5-6-22(26)24-15-17-7-8-19-13-16(2)25(21(19)14-17)23(27)18-9-11-20(28-3)12-10-18/h7-12,14,16H,4-6,13,15H2,1-3H3,(H,24,26)/t16-/m1/s1. The van der Waals surface area contributed by atoms with E-state index in [0.29, 0.717) is 18.5 Å². The minimum Gasteiger partial charge on any atom is -0.497 e. The fraction of sp³-hybridized carbons (Fsp3) is 0.391. The summed E-state index contributed by atoms with van der Waals surface area (Å²) >= 11 is 0. The Balaban J connectivity index is 1.76. The molecule has 1 heterocycles. The smallest absolute Gasteiger partial charge is 0.258 e. The number of carbonyl (C=O) groups excluding carboxylic acids is 2. The third-order valence-electron chi connectivity index (χ3n) is 5.17. The Hall–Kier alpha value is -2.82. The molecule has 28 heavy (non-hydrogen) atoms. The zero-order valence-electron chi connectivity index (χ0n) is 16.8. The van der Waals surface area contributed by atoms with Crippen molar-refractivity contribution in [3.63, 3.8) is 0 Å². The number of carbonyl (C=O) groups is 2. The molecule has 2 aromatic rings. The fourth-order valence-electron chi connectivity index (χ4n) is 3.57. The molecule has 0 aliphatic carbocycles. The molecule has 0 radical (unpaired) electrons. The highest BCUT2D eigenvalue weighted by atomic mass is 16.5. The summed E-state index contributed by atoms with van der Waals surface area (Å²) < 4.78 is 5.18. The molecule has 0 spiro atoms. The number of nitrogens with zero attached hydrogens (tertiary/aromatic N) is 1. The van der Waals surface area contributed by atoms with Crippen molar-refractivity contribution in [1.29, 1.82) is 0 Å². The maximum atomic E-state index is 13.1. The van der Waals surface area contributed by atoms with Crippen LogP contribution < -0.4 is 15.0 Å². The SMILES string of the molecule is CCCCC(=O)NCc1ccc2c(c1)N(C(=O)c1ccc(OC)cc1)[C@H](C)C2. The lowest BCUT2D eigenvalue weighted by Crippen LogP contribution is -2.35. The largest absolute Gasteiger partial charge is 0.497 e. The van der Waals surface area contributed by atoms with E-state index in [1.54, 1.807) is 31.4 Å². The number of ether oxygens (including phenoxy) is 1. The van der Waals surface area contributed by atoms with Crippen molar-refractivity contribution in [3.05, 3.63) is 59.2 Å². The first-order chi connectivity index (χ1) is 13.5. The summed E-state index contributed by atoms with van der Waals surface area (Å²) in [5, 5.41) is 2.97. The molecule has 1 aliphatic heterocycles. The normalized spacial score (nSPS) is 15.2. The number of benzene rings is 2. The first-order valence-electron chi connectivity index (χ1n) is 9.89. The number of anilines is 1. The molecular formula is C23H28N2O3. The molecule has 0 saturated carbocycles. The lowest BCUT2D eigenvalue weighted by molar-refractivity contribution is -0.121. The summed E-state index contributed by atoms with van der Waals surface area (Å²) in [5.74, 6) is 0.785. The van der Waals surface area contributed by atoms with Crippen LogP contribution >= 0.6 is 0 Å². The molecule has 5 nitrogen and oxygen atoms in total. The van der Waals surface area contributed by atoms with E-state index in [1.807, 2.05) is 17.0 Å². The van der Waals surface area contributed by atoms with E-state index in [2.05, 4.69) is 25.2 Å². The Morgan fingerprint density at radius 2 is 1.93 bits per heavy atom. The van der Waals surface area contributed by atoms with E-state index >= 15 is 0 Å². The number of hydrogen-bond donors (Lipinski definition) is 1. The number of fused-ring (bicyclic) bond motifs is 1. The molecule has 1 N–H and O–H groups in total. The van der Waals surface area contributed by atoms with Crippen LogP contribution in [-0.2, 0) is 17.8 Å². The molecule has 0 fully saturated rings. The third-order valence-corrected chi connectivity index (χ3v) is 5.17. The van der Waals surface area contributed by atoms with Gasteiger partial charge in [0.15, 0.2) is 0 Å². The monoisotopic (exact) mass is 380 g/mol. The van der Waals surface area contributed by atoms with Gasteiger partial charge in [-0.05, 0) is 61.2 Å². The average molecular weight is 380 g/mol. The predicted octanol–water partition coefficient (Wildman–Crippen LogP) is 4.09. The van der Waals surface area contributed by atoms with Crippen molar-refractivity contribution in [2.24, 2.45) is 0 Å². The minimum atomic E-state index is -0.0157. The summed E-state index contributed by atoms with van der Waals surface area (Å²) in [6, 6.07) is 13.4. The summed E-state index contributed by atoms with van der Waals surface area (Å²) in [7, 11) is 1.61. The van der Waals surface area contributed by atoms with Gasteiger partial charge in [0, 0.05) is 30.3 Å². The number of rotatable bonds is 7. The number of hydrogen-bond acceptors (Lipinski definition) is 3. The van der Waals surface area contributed by atoms with Gasteiger partial charge in [0.1, 0.15) is 5.75 Å². The van der Waals surface area contributed by atoms with E-state index in [9.17, 15) is 9.59 Å². The summed E-state index contributed by atoms with van der Waals surface area (Å²) in [5.41, 5.74) is 3.74. The van der Waals surface area contributed by atoms with E-state index in [-0.39, 0.29) is 17.9 Å². The van der Waals surface area contributed by atoms with Gasteiger partial charge in [-0.2, -0.15) is 0 Å². The van der Waals surface area contributed by atoms with Gasteiger partial charge in [0.05, 0.1) is 7.11 Å². The van der Waals surface area contributed by atoms with Crippen LogP contribution in [0.1, 0.15) is 54.6 Å². The fourth-order valence-corrected chi connectivity index (χ4v) is 3.57. The molecule has 1 aliphatic rings. The van der Waals surface area contributed by atoms with Gasteiger partial charge in [-0.1, -0.05) is 25.5 Å². The average Bonchev–Trinajstić information content (AvgIpc) is 3.05. The summed E-state index contributed by atoms with van der Waals surface area (Å²) in [4.78, 5) is 26.9. The van der Waals surface area contributed by atoms with Gasteiger partial charge < -0.3 is 15.0 Å². The second-order valence-electron chi connectivity index (χ2n) is 7.30. The molecular weight excluding hydrogens is 352 g/mol. The molecule has 3 rings (SSSR count). The maximum Gasteiger partial charge on any atom is 0.258 e. The maximum absolute atomic E-state index is 13.1. The Labute approximate surface area is 166 Å². The molecule has 0 saturated heterocycles. The molecule has 148 valence electrons. The van der Waals surface area contributed by atoms with Crippen molar-refractivity contribution < 1.29 is 14.3 Å². The predicted molar refractivity (Wildman–Crippen MR) is 111 cm³/mol. The molecule has 0 aromatic heterocycles. The molecule has 0 unspecified atom stereocenters. The van der Waals surface area contributed by atoms with Gasteiger partial charge in [-0.15, -0.1) is 0 Å². The van der Waals surface area contributed by atoms with Gasteiger partial charge in [0.25, 0.3) is 5.91 Å². The first kappa shape index (κ1) is 19.9. The van der Waals surface area contributed by atoms with Gasteiger partial charge in [-0.25, -0.2) is 0 Å². The Bertz CT molecular complexity index is 845. The van der Waals surface area contributed by atoms with Crippen LogP contribution in [0.4, 0.5) is 5.69 Å². The summed E-state index contributed by atoms with van der Waals surface area (Å²) in [6.45, 7) is 4.62. The van der Waals surface area contributed by atoms with Gasteiger partial charge in [-0.3, -0.25) is 9.59 Å². The van der Waals surface area contributed by atoms with Crippen LogP contribution in [0.2, 0.25) is 0 Å². The van der Waals surface area contributed by atoms with E-state index in [4.69, 9.17) is 4.74 Å². The second kappa shape index (κ2) is 8.91. The highest BCUT2D eigenvalue weighted by molar-refractivity contribution is 6.07. The zero-order valence-corrected chi connectivity index (χ0v) is 16.8. The topological polar surface area (TPSA) is 58.6 Å². The third kappa shape index (κ3) is 4.35. The number of methoxy groups -OCH3 is 1. The van der Waals surface area contributed by atoms with Crippen molar-refractivity contribution in [3.8, 4) is 5.75 Å². The van der Waals surface area contributed by atoms with E-state index in [1.165, 1.54) is 0 Å². The number of nitrogens with one attached hydrogen (secondary N) is 1. The highest BCUT2D eigenvalue weighted by Crippen LogP contribution is 2.34. The van der Waals surface area contributed by atoms with Crippen molar-refractivity contribution in [2.75, 3.05) is 12.0 Å². The van der Waals surface area contributed by atoms with Crippen molar-refractivity contribution in [2.45, 2.75) is 52.1 Å². The van der Waals surface area contributed by atoms with Gasteiger partial charge >= 0.3 is 0 Å². The van der Waals surface area contributed by atoms with Crippen LogP contribution in [0.15, 0.2) is 42.5 Å². The second-order valence-corrected chi connectivity index (χ2v) is 7.30. The van der Waals surface area contributed by atoms with E-state index < -0.39 is 0 Å². The number of amides is 2. The van der Waals surface area contributed by atoms with Crippen molar-refractivity contribution >= 4 is 17.5 Å². The Kier molecular flexibility index (Phi) is 6.34. The van der Waals surface area contributed by atoms with Crippen LogP contribution in [0, 0.1) is 0 Å². The summed E-state index contributed by atoms with van der Waals surface area (Å²) in [6.07, 6.45) is 3.30. The molecule has 2 amide bonds. The van der Waals surface area contributed by atoms with Crippen LogP contribution in [0.25, 0.3) is 0 Å². The van der Waals surface area contributed by atoms with Crippen molar-refractivity contribution in [1.82, 2.24) is 5.32 Å². The molecule has 2 aromatic carbocycles. The van der Waals surface area contributed by atoms with E-state index in [0.717, 1.165) is 41.8 Å². The van der Waals surface area contributed by atoms with Crippen LogP contribution in [0.5, 0.6) is 5.75 Å². The molecule has 1 atom stereocenters. The number of unbranched alkanes of at least 4 members (excludes halogenated alkanes) is 1. The zero-order chi connectivity index (χ0) is 20.1. The molecule has 0 bridgehead atoms. The van der Waals surface area contributed by atoms with Gasteiger partial charge in [0.2, 0.25) is 5.91 Å². The minimum absolute atomic E-state index is 0.0157. The Morgan fingerprint density at radius 3 is 2.61 bits per heavy atom. The first-order valence-corrected chi connectivity index (χ1v) is 9.89. The highest BCUT2D eigenvalue weighted by Gasteiger charge is 2.31. The quantitative estimate of drug-likeness (QED) is 0.787. The molecule has 5 heteroatoms. The Morgan fingerprint density at radius 1 is 1.18 bits per heavy atom. The lowest BCUT2D eigenvalue weighted by atomic mass is 10.1. The van der Waals surface area contributed by atoms with Crippen LogP contribution in [-0.4, -0.2) is 25.0 Å². The lowest BCUT2D eigenvalue weighted by Gasteiger charge is -2.23.